The summed E-state index contributed by atoms with van der Waals surface area (Å²) in [6.45, 7) is 3.27. The zero-order valence-corrected chi connectivity index (χ0v) is 10.6. The molecule has 6 heteroatoms. The highest BCUT2D eigenvalue weighted by Crippen LogP contribution is 2.20. The normalized spacial score (nSPS) is 11.8. The van der Waals surface area contributed by atoms with Crippen LogP contribution in [0.25, 0.3) is 0 Å². The van der Waals surface area contributed by atoms with E-state index in [0.717, 1.165) is 0 Å². The quantitative estimate of drug-likeness (QED) is 0.846. The van der Waals surface area contributed by atoms with E-state index in [-0.39, 0.29) is 17.3 Å². The standard InChI is InChI=1S/C10H13ClFNO2S/c1-7-5-9(12)6-8(2)10(7)16(14,15)13-4-3-11/h5-6,13H,3-4H2,1-2H3. The zero-order chi connectivity index (χ0) is 12.3. The van der Waals surface area contributed by atoms with Gasteiger partial charge in [-0.2, -0.15) is 0 Å². The van der Waals surface area contributed by atoms with Gasteiger partial charge in [-0.3, -0.25) is 0 Å². The molecule has 1 N–H and O–H groups in total. The van der Waals surface area contributed by atoms with Crippen LogP contribution in [0.3, 0.4) is 0 Å². The summed E-state index contributed by atoms with van der Waals surface area (Å²) in [5, 5.41) is 0. The average molecular weight is 266 g/mol. The van der Waals surface area contributed by atoms with Crippen molar-refractivity contribution in [3.05, 3.63) is 29.1 Å². The van der Waals surface area contributed by atoms with Crippen LogP contribution in [0.4, 0.5) is 4.39 Å². The molecule has 0 radical (unpaired) electrons. The number of aryl methyl sites for hydroxylation is 2. The molecule has 0 amide bonds. The second-order valence-corrected chi connectivity index (χ2v) is 5.54. The van der Waals surface area contributed by atoms with E-state index in [9.17, 15) is 12.8 Å². The minimum Gasteiger partial charge on any atom is -0.210 e. The topological polar surface area (TPSA) is 46.2 Å². The Bertz CT molecular complexity index is 465. The summed E-state index contributed by atoms with van der Waals surface area (Å²) >= 11 is 5.41. The maximum atomic E-state index is 13.0. The van der Waals surface area contributed by atoms with Crippen LogP contribution in [0.1, 0.15) is 11.1 Å². The van der Waals surface area contributed by atoms with E-state index >= 15 is 0 Å². The molecule has 1 rings (SSSR count). The summed E-state index contributed by atoms with van der Waals surface area (Å²) in [5.74, 6) is -0.246. The zero-order valence-electron chi connectivity index (χ0n) is 9.05. The molecule has 0 heterocycles. The van der Waals surface area contributed by atoms with E-state index in [2.05, 4.69) is 4.72 Å². The molecule has 0 aliphatic carbocycles. The second kappa shape index (κ2) is 5.12. The lowest BCUT2D eigenvalue weighted by atomic mass is 10.1. The number of hydrogen-bond donors (Lipinski definition) is 1. The maximum Gasteiger partial charge on any atom is 0.241 e. The number of rotatable bonds is 4. The highest BCUT2D eigenvalue weighted by Gasteiger charge is 2.19. The maximum absolute atomic E-state index is 13.0. The summed E-state index contributed by atoms with van der Waals surface area (Å²) in [5.41, 5.74) is 0.777. The van der Waals surface area contributed by atoms with Gasteiger partial charge in [-0.05, 0) is 37.1 Å². The summed E-state index contributed by atoms with van der Waals surface area (Å²) in [4.78, 5) is 0.124. The third-order valence-corrected chi connectivity index (χ3v) is 4.03. The van der Waals surface area contributed by atoms with Gasteiger partial charge in [-0.25, -0.2) is 17.5 Å². The van der Waals surface area contributed by atoms with Gasteiger partial charge in [0.25, 0.3) is 0 Å². The molecule has 1 aromatic rings. The highest BCUT2D eigenvalue weighted by atomic mass is 35.5. The largest absolute Gasteiger partial charge is 0.241 e. The Hall–Kier alpha value is -0.650. The number of benzene rings is 1. The summed E-state index contributed by atoms with van der Waals surface area (Å²) in [6, 6.07) is 2.39. The Morgan fingerprint density at radius 3 is 2.25 bits per heavy atom. The SMILES string of the molecule is Cc1cc(F)cc(C)c1S(=O)(=O)NCCCl. The molecule has 0 unspecified atom stereocenters. The third-order valence-electron chi connectivity index (χ3n) is 2.08. The van der Waals surface area contributed by atoms with Crippen molar-refractivity contribution >= 4 is 21.6 Å². The Morgan fingerprint density at radius 2 is 1.81 bits per heavy atom. The van der Waals surface area contributed by atoms with Gasteiger partial charge in [0.1, 0.15) is 5.82 Å². The molecule has 90 valence electrons. The molecule has 0 bridgehead atoms. The van der Waals surface area contributed by atoms with Gasteiger partial charge < -0.3 is 0 Å². The van der Waals surface area contributed by atoms with Crippen LogP contribution in [0, 0.1) is 19.7 Å². The lowest BCUT2D eigenvalue weighted by Crippen LogP contribution is -2.27. The fraction of sp³-hybridized carbons (Fsp3) is 0.400. The van der Waals surface area contributed by atoms with E-state index in [1.54, 1.807) is 13.8 Å². The van der Waals surface area contributed by atoms with Crippen LogP contribution in [-0.2, 0) is 10.0 Å². The van der Waals surface area contributed by atoms with Crippen LogP contribution in [-0.4, -0.2) is 20.8 Å². The van der Waals surface area contributed by atoms with Crippen LogP contribution >= 0.6 is 11.6 Å². The minimum atomic E-state index is -3.60. The summed E-state index contributed by atoms with van der Waals surface area (Å²) in [7, 11) is -3.60. The molecular formula is C10H13ClFNO2S. The van der Waals surface area contributed by atoms with Crippen molar-refractivity contribution in [2.45, 2.75) is 18.7 Å². The van der Waals surface area contributed by atoms with E-state index in [1.807, 2.05) is 0 Å². The first-order valence-corrected chi connectivity index (χ1v) is 6.72. The molecule has 0 fully saturated rings. The first-order valence-electron chi connectivity index (χ1n) is 4.71. The summed E-state index contributed by atoms with van der Waals surface area (Å²) in [6.07, 6.45) is 0. The average Bonchev–Trinajstić information content (AvgIpc) is 2.12. The van der Waals surface area contributed by atoms with Gasteiger partial charge in [0.15, 0.2) is 0 Å². The van der Waals surface area contributed by atoms with Gasteiger partial charge in [0.2, 0.25) is 10.0 Å². The van der Waals surface area contributed by atoms with Crippen LogP contribution in [0.5, 0.6) is 0 Å². The Balaban J connectivity index is 3.23. The molecule has 1 aromatic carbocycles. The number of alkyl halides is 1. The molecular weight excluding hydrogens is 253 g/mol. The van der Waals surface area contributed by atoms with Crippen LogP contribution < -0.4 is 4.72 Å². The summed E-state index contributed by atoms with van der Waals surface area (Å²) < 4.78 is 39.1. The van der Waals surface area contributed by atoms with Gasteiger partial charge in [0, 0.05) is 12.4 Å². The molecule has 16 heavy (non-hydrogen) atoms. The Morgan fingerprint density at radius 1 is 1.31 bits per heavy atom. The van der Waals surface area contributed by atoms with Crippen molar-refractivity contribution in [2.75, 3.05) is 12.4 Å². The lowest BCUT2D eigenvalue weighted by molar-refractivity contribution is 0.581. The predicted octanol–water partition coefficient (Wildman–Crippen LogP) is 1.96. The fourth-order valence-corrected chi connectivity index (χ4v) is 3.25. The monoisotopic (exact) mass is 265 g/mol. The van der Waals surface area contributed by atoms with E-state index < -0.39 is 15.8 Å². The molecule has 0 aliphatic rings. The molecule has 0 aromatic heterocycles. The number of hydrogen-bond acceptors (Lipinski definition) is 2. The van der Waals surface area contributed by atoms with Crippen molar-refractivity contribution in [3.8, 4) is 0 Å². The molecule has 0 saturated carbocycles. The Labute approximate surface area is 99.7 Å². The smallest absolute Gasteiger partial charge is 0.210 e. The van der Waals surface area contributed by atoms with E-state index in [1.165, 1.54) is 12.1 Å². The van der Waals surface area contributed by atoms with Crippen molar-refractivity contribution in [3.63, 3.8) is 0 Å². The Kier molecular flexibility index (Phi) is 4.29. The molecule has 0 atom stereocenters. The molecule has 3 nitrogen and oxygen atoms in total. The predicted molar refractivity (Wildman–Crippen MR) is 61.8 cm³/mol. The van der Waals surface area contributed by atoms with Crippen molar-refractivity contribution in [1.82, 2.24) is 4.72 Å². The van der Waals surface area contributed by atoms with Gasteiger partial charge in [0.05, 0.1) is 4.90 Å². The van der Waals surface area contributed by atoms with Crippen molar-refractivity contribution < 1.29 is 12.8 Å². The van der Waals surface area contributed by atoms with Crippen molar-refractivity contribution in [2.24, 2.45) is 0 Å². The number of halogens is 2. The minimum absolute atomic E-state index is 0.124. The lowest BCUT2D eigenvalue weighted by Gasteiger charge is -2.11. The second-order valence-electron chi connectivity index (χ2n) is 3.46. The van der Waals surface area contributed by atoms with E-state index in [4.69, 9.17) is 11.6 Å². The van der Waals surface area contributed by atoms with Crippen molar-refractivity contribution in [1.29, 1.82) is 0 Å². The van der Waals surface area contributed by atoms with Crippen LogP contribution in [0.2, 0.25) is 0 Å². The molecule has 0 aliphatic heterocycles. The van der Waals surface area contributed by atoms with Gasteiger partial charge in [-0.1, -0.05) is 0 Å². The highest BCUT2D eigenvalue weighted by molar-refractivity contribution is 7.89. The van der Waals surface area contributed by atoms with Gasteiger partial charge >= 0.3 is 0 Å². The first-order chi connectivity index (χ1) is 7.38. The van der Waals surface area contributed by atoms with Crippen LogP contribution in [0.15, 0.2) is 17.0 Å². The molecule has 0 saturated heterocycles. The number of sulfonamides is 1. The first kappa shape index (κ1) is 13.4. The van der Waals surface area contributed by atoms with E-state index in [0.29, 0.717) is 11.1 Å². The fourth-order valence-electron chi connectivity index (χ4n) is 1.57. The number of nitrogens with one attached hydrogen (secondary N) is 1. The van der Waals surface area contributed by atoms with Gasteiger partial charge in [-0.15, -0.1) is 11.6 Å². The third kappa shape index (κ3) is 2.93. The molecule has 0 spiro atoms.